The molecule has 1 atom stereocenters. The van der Waals surface area contributed by atoms with Gasteiger partial charge in [0, 0.05) is 12.1 Å². The van der Waals surface area contributed by atoms with Gasteiger partial charge in [0.25, 0.3) is 0 Å². The van der Waals surface area contributed by atoms with Crippen LogP contribution >= 0.6 is 0 Å². The summed E-state index contributed by atoms with van der Waals surface area (Å²) in [6, 6.07) is 3.66. The molecule has 0 aliphatic rings. The van der Waals surface area contributed by atoms with Gasteiger partial charge in [-0.3, -0.25) is 4.79 Å². The van der Waals surface area contributed by atoms with Crippen molar-refractivity contribution in [3.63, 3.8) is 0 Å². The van der Waals surface area contributed by atoms with E-state index in [-0.39, 0.29) is 6.54 Å². The normalized spacial score (nSPS) is 12.0. The van der Waals surface area contributed by atoms with E-state index in [0.29, 0.717) is 17.1 Å². The van der Waals surface area contributed by atoms with Gasteiger partial charge in [-0.1, -0.05) is 13.0 Å². The van der Waals surface area contributed by atoms with E-state index in [9.17, 15) is 9.90 Å². The Balaban J connectivity index is 3.42. The third kappa shape index (κ3) is 2.73. The number of carboxylic acids is 1. The summed E-state index contributed by atoms with van der Waals surface area (Å²) in [5, 5.41) is 9.20. The molecule has 0 aliphatic carbocycles. The highest BCUT2D eigenvalue weighted by atomic mass is 16.5. The molecule has 1 unspecified atom stereocenters. The number of aliphatic carboxylic acids is 1. The van der Waals surface area contributed by atoms with Crippen LogP contribution in [-0.2, 0) is 11.2 Å². The molecule has 1 rings (SSSR count). The fourth-order valence-corrected chi connectivity index (χ4v) is 1.88. The Labute approximate surface area is 107 Å². The first-order valence-electron chi connectivity index (χ1n) is 5.76. The Morgan fingerprint density at radius 2 is 2.06 bits per heavy atom. The largest absolute Gasteiger partial charge is 0.493 e. The third-order valence-corrected chi connectivity index (χ3v) is 2.88. The summed E-state index contributed by atoms with van der Waals surface area (Å²) in [6.45, 7) is 2.01. The van der Waals surface area contributed by atoms with Crippen LogP contribution in [0.3, 0.4) is 0 Å². The van der Waals surface area contributed by atoms with Crippen molar-refractivity contribution in [2.24, 2.45) is 5.73 Å². The molecule has 1 aromatic rings. The maximum absolute atomic E-state index is 11.2. The number of rotatable bonds is 6. The zero-order valence-corrected chi connectivity index (χ0v) is 10.9. The Kier molecular flexibility index (Phi) is 4.97. The van der Waals surface area contributed by atoms with Gasteiger partial charge in [-0.05, 0) is 18.1 Å². The number of ether oxygens (including phenoxy) is 2. The SMILES string of the molecule is CCc1cc(OC)c(OC)c(C(CN)C(=O)O)c1. The minimum atomic E-state index is -0.967. The smallest absolute Gasteiger partial charge is 0.312 e. The highest BCUT2D eigenvalue weighted by Crippen LogP contribution is 2.37. The standard InChI is InChI=1S/C13H19NO4/c1-4-8-5-9(10(7-14)13(15)16)12(18-3)11(6-8)17-2/h5-6,10H,4,7,14H2,1-3H3,(H,15,16). The summed E-state index contributed by atoms with van der Waals surface area (Å²) in [4.78, 5) is 11.2. The lowest BCUT2D eigenvalue weighted by Gasteiger charge is -2.18. The number of nitrogens with two attached hydrogens (primary N) is 1. The zero-order valence-electron chi connectivity index (χ0n) is 10.9. The number of hydrogen-bond donors (Lipinski definition) is 2. The number of benzene rings is 1. The fourth-order valence-electron chi connectivity index (χ4n) is 1.88. The maximum Gasteiger partial charge on any atom is 0.312 e. The van der Waals surface area contributed by atoms with E-state index in [0.717, 1.165) is 12.0 Å². The highest BCUT2D eigenvalue weighted by molar-refractivity contribution is 5.78. The molecule has 0 bridgehead atoms. The van der Waals surface area contributed by atoms with Crippen LogP contribution in [0.5, 0.6) is 11.5 Å². The van der Waals surface area contributed by atoms with Crippen LogP contribution in [0.2, 0.25) is 0 Å². The van der Waals surface area contributed by atoms with Crippen molar-refractivity contribution in [2.75, 3.05) is 20.8 Å². The van der Waals surface area contributed by atoms with Crippen molar-refractivity contribution in [1.82, 2.24) is 0 Å². The molecule has 0 saturated heterocycles. The van der Waals surface area contributed by atoms with Crippen LogP contribution in [0.1, 0.15) is 24.0 Å². The molecule has 0 saturated carbocycles. The first kappa shape index (κ1) is 14.3. The molecule has 5 heteroatoms. The predicted octanol–water partition coefficient (Wildman–Crippen LogP) is 1.39. The lowest BCUT2D eigenvalue weighted by Crippen LogP contribution is -2.22. The summed E-state index contributed by atoms with van der Waals surface area (Å²) in [5.74, 6) is -0.787. The average molecular weight is 253 g/mol. The van der Waals surface area contributed by atoms with Crippen molar-refractivity contribution >= 4 is 5.97 Å². The van der Waals surface area contributed by atoms with Crippen LogP contribution in [0.15, 0.2) is 12.1 Å². The number of aryl methyl sites for hydroxylation is 1. The van der Waals surface area contributed by atoms with Crippen molar-refractivity contribution in [3.05, 3.63) is 23.3 Å². The Morgan fingerprint density at radius 1 is 1.39 bits per heavy atom. The summed E-state index contributed by atoms with van der Waals surface area (Å²) in [6.07, 6.45) is 0.782. The lowest BCUT2D eigenvalue weighted by molar-refractivity contribution is -0.138. The summed E-state index contributed by atoms with van der Waals surface area (Å²) >= 11 is 0. The van der Waals surface area contributed by atoms with E-state index in [4.69, 9.17) is 15.2 Å². The molecule has 0 radical (unpaired) electrons. The van der Waals surface area contributed by atoms with Gasteiger partial charge in [-0.2, -0.15) is 0 Å². The summed E-state index contributed by atoms with van der Waals surface area (Å²) < 4.78 is 10.5. The molecule has 0 spiro atoms. The highest BCUT2D eigenvalue weighted by Gasteiger charge is 2.24. The molecule has 18 heavy (non-hydrogen) atoms. The minimum absolute atomic E-state index is 0.0159. The van der Waals surface area contributed by atoms with Crippen LogP contribution in [-0.4, -0.2) is 31.8 Å². The van der Waals surface area contributed by atoms with Gasteiger partial charge in [0.05, 0.1) is 20.1 Å². The summed E-state index contributed by atoms with van der Waals surface area (Å²) in [7, 11) is 3.02. The molecular weight excluding hydrogens is 234 g/mol. The minimum Gasteiger partial charge on any atom is -0.493 e. The Hall–Kier alpha value is -1.75. The van der Waals surface area contributed by atoms with E-state index in [1.165, 1.54) is 14.2 Å². The molecule has 0 fully saturated rings. The van der Waals surface area contributed by atoms with E-state index >= 15 is 0 Å². The molecule has 1 aromatic carbocycles. The molecule has 0 aliphatic heterocycles. The van der Waals surface area contributed by atoms with Crippen LogP contribution in [0, 0.1) is 0 Å². The molecule has 100 valence electrons. The van der Waals surface area contributed by atoms with Crippen molar-refractivity contribution < 1.29 is 19.4 Å². The van der Waals surface area contributed by atoms with Gasteiger partial charge in [-0.25, -0.2) is 0 Å². The lowest BCUT2D eigenvalue weighted by atomic mass is 9.95. The zero-order chi connectivity index (χ0) is 13.7. The van der Waals surface area contributed by atoms with Crippen LogP contribution < -0.4 is 15.2 Å². The van der Waals surface area contributed by atoms with E-state index < -0.39 is 11.9 Å². The van der Waals surface area contributed by atoms with Gasteiger partial charge in [-0.15, -0.1) is 0 Å². The number of hydrogen-bond acceptors (Lipinski definition) is 4. The third-order valence-electron chi connectivity index (χ3n) is 2.88. The first-order chi connectivity index (χ1) is 8.58. The van der Waals surface area contributed by atoms with Crippen molar-refractivity contribution in [2.45, 2.75) is 19.3 Å². The first-order valence-corrected chi connectivity index (χ1v) is 5.76. The van der Waals surface area contributed by atoms with Crippen molar-refractivity contribution in [1.29, 1.82) is 0 Å². The van der Waals surface area contributed by atoms with Gasteiger partial charge < -0.3 is 20.3 Å². The second kappa shape index (κ2) is 6.26. The topological polar surface area (TPSA) is 81.8 Å². The molecular formula is C13H19NO4. The van der Waals surface area contributed by atoms with Gasteiger partial charge >= 0.3 is 5.97 Å². The maximum atomic E-state index is 11.2. The Morgan fingerprint density at radius 3 is 2.44 bits per heavy atom. The average Bonchev–Trinajstić information content (AvgIpc) is 2.37. The fraction of sp³-hybridized carbons (Fsp3) is 0.462. The van der Waals surface area contributed by atoms with Gasteiger partial charge in [0.1, 0.15) is 0 Å². The van der Waals surface area contributed by atoms with E-state index in [1.807, 2.05) is 19.1 Å². The molecule has 3 N–H and O–H groups in total. The molecule has 0 aromatic heterocycles. The quantitative estimate of drug-likeness (QED) is 0.800. The Bertz CT molecular complexity index is 431. The predicted molar refractivity (Wildman–Crippen MR) is 68.4 cm³/mol. The molecule has 0 amide bonds. The molecule has 0 heterocycles. The summed E-state index contributed by atoms with van der Waals surface area (Å²) in [5.41, 5.74) is 7.08. The number of methoxy groups -OCH3 is 2. The van der Waals surface area contributed by atoms with Crippen LogP contribution in [0.25, 0.3) is 0 Å². The monoisotopic (exact) mass is 253 g/mol. The van der Waals surface area contributed by atoms with E-state index in [1.54, 1.807) is 0 Å². The molecule has 5 nitrogen and oxygen atoms in total. The van der Waals surface area contributed by atoms with Gasteiger partial charge in [0.2, 0.25) is 0 Å². The second-order valence-corrected chi connectivity index (χ2v) is 3.90. The second-order valence-electron chi connectivity index (χ2n) is 3.90. The number of carboxylic acid groups (broad SMARTS) is 1. The van der Waals surface area contributed by atoms with Crippen molar-refractivity contribution in [3.8, 4) is 11.5 Å². The van der Waals surface area contributed by atoms with Crippen LogP contribution in [0.4, 0.5) is 0 Å². The van der Waals surface area contributed by atoms with E-state index in [2.05, 4.69) is 0 Å². The van der Waals surface area contributed by atoms with Gasteiger partial charge in [0.15, 0.2) is 11.5 Å². The number of carbonyl (C=O) groups is 1.